The Kier molecular flexibility index (Phi) is 5.18. The second kappa shape index (κ2) is 7.82. The van der Waals surface area contributed by atoms with Gasteiger partial charge in [0.2, 0.25) is 6.17 Å². The van der Waals surface area contributed by atoms with Crippen molar-refractivity contribution in [1.29, 1.82) is 0 Å². The molecule has 1 heterocycles. The van der Waals surface area contributed by atoms with E-state index < -0.39 is 35.4 Å². The van der Waals surface area contributed by atoms with Gasteiger partial charge >= 0.3 is 12.0 Å². The third-order valence-electron chi connectivity index (χ3n) is 5.42. The summed E-state index contributed by atoms with van der Waals surface area (Å²) >= 11 is 0. The summed E-state index contributed by atoms with van der Waals surface area (Å²) in [5.41, 5.74) is 0.456. The molecule has 2 aromatic carbocycles. The van der Waals surface area contributed by atoms with Gasteiger partial charge < -0.3 is 20.3 Å². The minimum absolute atomic E-state index is 0.207. The number of hydrogen-bond acceptors (Lipinski definition) is 5. The smallest absolute Gasteiger partial charge is 0.331 e. The maximum atomic E-state index is 14.6. The lowest BCUT2D eigenvalue weighted by Gasteiger charge is -2.22. The topological polar surface area (TPSA) is 100 Å². The van der Waals surface area contributed by atoms with Crippen LogP contribution in [0.1, 0.15) is 24.0 Å². The van der Waals surface area contributed by atoms with Gasteiger partial charge in [0.1, 0.15) is 11.4 Å². The molecule has 0 saturated heterocycles. The van der Waals surface area contributed by atoms with Gasteiger partial charge in [0.15, 0.2) is 0 Å². The van der Waals surface area contributed by atoms with Gasteiger partial charge in [-0.15, -0.1) is 0 Å². The van der Waals surface area contributed by atoms with Crippen LogP contribution in [0.25, 0.3) is 0 Å². The van der Waals surface area contributed by atoms with Crippen LogP contribution in [-0.4, -0.2) is 49.5 Å². The molecule has 0 aromatic heterocycles. The molecule has 0 spiro atoms. The number of urea groups is 1. The van der Waals surface area contributed by atoms with Crippen LogP contribution >= 0.6 is 0 Å². The summed E-state index contributed by atoms with van der Waals surface area (Å²) < 4.78 is 19.3. The van der Waals surface area contributed by atoms with Crippen LogP contribution in [-0.2, 0) is 14.3 Å². The first-order valence-corrected chi connectivity index (χ1v) is 9.73. The predicted octanol–water partition coefficient (Wildman–Crippen LogP) is 1.97. The molecule has 1 saturated carbocycles. The van der Waals surface area contributed by atoms with Gasteiger partial charge in [0.05, 0.1) is 18.5 Å². The minimum Gasteiger partial charge on any atom is -0.467 e. The number of esters is 1. The number of fused-ring (bicyclic) bond motifs is 1. The highest BCUT2D eigenvalue weighted by Crippen LogP contribution is 2.36. The molecule has 9 heteroatoms. The molecule has 1 unspecified atom stereocenters. The maximum absolute atomic E-state index is 14.6. The summed E-state index contributed by atoms with van der Waals surface area (Å²) in [6.45, 7) is 0. The van der Waals surface area contributed by atoms with Crippen molar-refractivity contribution in [3.8, 4) is 0 Å². The number of benzodiazepines with no additional fused rings is 1. The average Bonchev–Trinajstić information content (AvgIpc) is 3.56. The zero-order valence-electron chi connectivity index (χ0n) is 17.0. The molecule has 160 valence electrons. The van der Waals surface area contributed by atoms with Crippen LogP contribution in [0.2, 0.25) is 0 Å². The lowest BCUT2D eigenvalue weighted by atomic mass is 10.00. The number of ether oxygens (including phenoxy) is 1. The van der Waals surface area contributed by atoms with Gasteiger partial charge in [0, 0.05) is 18.2 Å². The van der Waals surface area contributed by atoms with E-state index in [1.807, 2.05) is 0 Å². The zero-order chi connectivity index (χ0) is 22.2. The fourth-order valence-corrected chi connectivity index (χ4v) is 3.56. The number of methoxy groups -OCH3 is 1. The van der Waals surface area contributed by atoms with E-state index in [-0.39, 0.29) is 11.3 Å². The second-order valence-corrected chi connectivity index (χ2v) is 7.45. The first-order chi connectivity index (χ1) is 14.9. The van der Waals surface area contributed by atoms with E-state index in [9.17, 15) is 18.8 Å². The Balaban J connectivity index is 1.70. The van der Waals surface area contributed by atoms with Crippen LogP contribution < -0.4 is 15.5 Å². The van der Waals surface area contributed by atoms with Crippen molar-refractivity contribution in [2.24, 2.45) is 4.99 Å². The summed E-state index contributed by atoms with van der Waals surface area (Å²) in [7, 11) is 2.80. The fourth-order valence-electron chi connectivity index (χ4n) is 3.56. The van der Waals surface area contributed by atoms with Crippen LogP contribution in [0.4, 0.5) is 14.9 Å². The maximum Gasteiger partial charge on any atom is 0.331 e. The number of nitrogens with zero attached hydrogens (tertiary/aromatic N) is 2. The highest BCUT2D eigenvalue weighted by Gasteiger charge is 2.52. The van der Waals surface area contributed by atoms with Gasteiger partial charge in [-0.2, -0.15) is 0 Å². The standard InChI is InChI=1S/C22H21FN4O4/c1-27-16-10-6-4-8-14(16)17(13-7-3-5-9-15(13)23)24-18(19(27)28)25-21(30)26-22(11-12-22)20(29)31-2/h3-10,18H,11-12H2,1-2H3,(H2,25,26,30). The zero-order valence-corrected chi connectivity index (χ0v) is 17.0. The largest absolute Gasteiger partial charge is 0.467 e. The van der Waals surface area contributed by atoms with E-state index >= 15 is 0 Å². The van der Waals surface area contributed by atoms with Gasteiger partial charge in [0.25, 0.3) is 5.91 Å². The molecule has 2 aromatic rings. The van der Waals surface area contributed by atoms with Gasteiger partial charge in [-0.1, -0.05) is 30.3 Å². The van der Waals surface area contributed by atoms with Crippen molar-refractivity contribution in [2.75, 3.05) is 19.1 Å². The number of anilines is 1. The quantitative estimate of drug-likeness (QED) is 0.733. The Morgan fingerprint density at radius 3 is 2.42 bits per heavy atom. The Morgan fingerprint density at radius 1 is 1.13 bits per heavy atom. The van der Waals surface area contributed by atoms with E-state index in [1.54, 1.807) is 49.5 Å². The Labute approximate surface area is 178 Å². The van der Waals surface area contributed by atoms with Crippen molar-refractivity contribution in [1.82, 2.24) is 10.6 Å². The van der Waals surface area contributed by atoms with Crippen molar-refractivity contribution in [2.45, 2.75) is 24.5 Å². The van der Waals surface area contributed by atoms with Crippen molar-refractivity contribution < 1.29 is 23.5 Å². The SMILES string of the molecule is COC(=O)C1(NC(=O)NC2N=C(c3ccccc3F)c3ccccc3N(C)C2=O)CC1. The molecule has 2 N–H and O–H groups in total. The van der Waals surface area contributed by atoms with Gasteiger partial charge in [-0.05, 0) is 31.0 Å². The Morgan fingerprint density at radius 2 is 1.77 bits per heavy atom. The third kappa shape index (κ3) is 3.74. The molecular formula is C22H21FN4O4. The van der Waals surface area contributed by atoms with Crippen LogP contribution in [0.3, 0.4) is 0 Å². The number of carbonyl (C=O) groups excluding carboxylic acids is 3. The molecule has 31 heavy (non-hydrogen) atoms. The van der Waals surface area contributed by atoms with E-state index in [1.165, 1.54) is 18.1 Å². The van der Waals surface area contributed by atoms with Crippen LogP contribution in [0, 0.1) is 5.82 Å². The number of aliphatic imine (C=N–C) groups is 1. The number of halogens is 1. The summed E-state index contributed by atoms with van der Waals surface area (Å²) in [6.07, 6.45) is -0.429. The summed E-state index contributed by atoms with van der Waals surface area (Å²) in [6, 6.07) is 12.3. The van der Waals surface area contributed by atoms with Crippen molar-refractivity contribution >= 4 is 29.3 Å². The van der Waals surface area contributed by atoms with E-state index in [4.69, 9.17) is 4.74 Å². The molecule has 2 aliphatic rings. The molecule has 1 atom stereocenters. The molecule has 3 amide bonds. The molecule has 8 nitrogen and oxygen atoms in total. The molecule has 1 aliphatic carbocycles. The number of rotatable bonds is 4. The Hall–Kier alpha value is -3.75. The number of para-hydroxylation sites is 1. The Bertz CT molecular complexity index is 1100. The van der Waals surface area contributed by atoms with E-state index in [2.05, 4.69) is 15.6 Å². The first-order valence-electron chi connectivity index (χ1n) is 9.73. The van der Waals surface area contributed by atoms with Crippen molar-refractivity contribution in [3.63, 3.8) is 0 Å². The molecule has 0 bridgehead atoms. The number of nitrogens with one attached hydrogen (secondary N) is 2. The van der Waals surface area contributed by atoms with Gasteiger partial charge in [-0.25, -0.2) is 19.0 Å². The first kappa shape index (κ1) is 20.5. The molecule has 4 rings (SSSR count). The average molecular weight is 424 g/mol. The van der Waals surface area contributed by atoms with E-state index in [0.717, 1.165) is 0 Å². The highest BCUT2D eigenvalue weighted by molar-refractivity contribution is 6.20. The lowest BCUT2D eigenvalue weighted by Crippen LogP contribution is -2.54. The summed E-state index contributed by atoms with van der Waals surface area (Å²) in [4.78, 5) is 43.4. The highest BCUT2D eigenvalue weighted by atomic mass is 19.1. The second-order valence-electron chi connectivity index (χ2n) is 7.45. The fraction of sp³-hybridized carbons (Fsp3) is 0.273. The molecule has 1 aliphatic heterocycles. The minimum atomic E-state index is -1.32. The molecular weight excluding hydrogens is 403 g/mol. The monoisotopic (exact) mass is 424 g/mol. The van der Waals surface area contributed by atoms with Crippen LogP contribution in [0.5, 0.6) is 0 Å². The number of benzene rings is 2. The van der Waals surface area contributed by atoms with Gasteiger partial charge in [-0.3, -0.25) is 4.79 Å². The normalized spacial score (nSPS) is 18.9. The van der Waals surface area contributed by atoms with E-state index in [0.29, 0.717) is 24.1 Å². The number of carbonyl (C=O) groups is 3. The number of amides is 3. The lowest BCUT2D eigenvalue weighted by molar-refractivity contribution is -0.144. The van der Waals surface area contributed by atoms with Crippen molar-refractivity contribution in [3.05, 3.63) is 65.5 Å². The van der Waals surface area contributed by atoms with Crippen LogP contribution in [0.15, 0.2) is 53.5 Å². The predicted molar refractivity (Wildman–Crippen MR) is 111 cm³/mol. The number of hydrogen-bond donors (Lipinski definition) is 2. The summed E-state index contributed by atoms with van der Waals surface area (Å²) in [5, 5.41) is 5.08. The molecule has 1 fully saturated rings. The third-order valence-corrected chi connectivity index (χ3v) is 5.42. The number of likely N-dealkylation sites (N-methyl/N-ethyl adjacent to an activating group) is 1. The summed E-state index contributed by atoms with van der Waals surface area (Å²) in [5.74, 6) is -1.55. The molecule has 0 radical (unpaired) electrons.